The monoisotopic (exact) mass is 613 g/mol. The molecule has 0 unspecified atom stereocenters. The van der Waals surface area contributed by atoms with E-state index in [1.54, 1.807) is 12.3 Å². The molecular formula is C32H25BrClN3O3. The van der Waals surface area contributed by atoms with Crippen LogP contribution >= 0.6 is 27.5 Å². The van der Waals surface area contributed by atoms with Gasteiger partial charge in [-0.25, -0.2) is 10.4 Å². The fraction of sp³-hybridized carbons (Fsp3) is 0.0938. The number of pyridine rings is 1. The fourth-order valence-corrected chi connectivity index (χ4v) is 4.98. The van der Waals surface area contributed by atoms with Gasteiger partial charge in [0.2, 0.25) is 0 Å². The van der Waals surface area contributed by atoms with Crippen LogP contribution in [0.2, 0.25) is 5.02 Å². The van der Waals surface area contributed by atoms with E-state index >= 15 is 0 Å². The lowest BCUT2D eigenvalue weighted by molar-refractivity contribution is 0.0956. The topological polar surface area (TPSA) is 72.8 Å². The summed E-state index contributed by atoms with van der Waals surface area (Å²) in [6, 6.07) is 30.3. The van der Waals surface area contributed by atoms with E-state index in [2.05, 4.69) is 26.5 Å². The molecule has 1 N–H and O–H groups in total. The molecule has 0 bridgehead atoms. The Morgan fingerprint density at radius 3 is 2.58 bits per heavy atom. The largest absolute Gasteiger partial charge is 0.490 e. The van der Waals surface area contributed by atoms with Gasteiger partial charge in [0.1, 0.15) is 6.61 Å². The SMILES string of the molecule is CCOc1cc(/C=N\NC(=O)c2cc(-c3ccccc3)nc3ccccc23)cc(Br)c1OCc1cccc(Cl)c1. The van der Waals surface area contributed by atoms with Crippen molar-refractivity contribution in [2.24, 2.45) is 5.10 Å². The molecule has 1 heterocycles. The zero-order valence-corrected chi connectivity index (χ0v) is 23.9. The molecule has 0 radical (unpaired) electrons. The first-order valence-corrected chi connectivity index (χ1v) is 13.8. The number of fused-ring (bicyclic) bond motifs is 1. The average Bonchev–Trinajstić information content (AvgIpc) is 2.97. The summed E-state index contributed by atoms with van der Waals surface area (Å²) in [5.41, 5.74) is 7.18. The molecule has 200 valence electrons. The molecule has 40 heavy (non-hydrogen) atoms. The number of ether oxygens (including phenoxy) is 2. The highest BCUT2D eigenvalue weighted by molar-refractivity contribution is 9.10. The molecule has 0 aliphatic rings. The molecule has 0 fully saturated rings. The van der Waals surface area contributed by atoms with Crippen molar-refractivity contribution in [3.63, 3.8) is 0 Å². The Morgan fingerprint density at radius 2 is 1.77 bits per heavy atom. The van der Waals surface area contributed by atoms with Crippen LogP contribution in [0.3, 0.4) is 0 Å². The van der Waals surface area contributed by atoms with Crippen molar-refractivity contribution in [2.75, 3.05) is 6.61 Å². The lowest BCUT2D eigenvalue weighted by Gasteiger charge is -2.15. The number of nitrogens with zero attached hydrogens (tertiary/aromatic N) is 2. The Labute approximate surface area is 245 Å². The molecule has 0 saturated heterocycles. The minimum atomic E-state index is -0.336. The summed E-state index contributed by atoms with van der Waals surface area (Å²) in [7, 11) is 0. The van der Waals surface area contributed by atoms with E-state index < -0.39 is 0 Å². The van der Waals surface area contributed by atoms with Crippen LogP contribution in [0.1, 0.15) is 28.4 Å². The van der Waals surface area contributed by atoms with Crippen molar-refractivity contribution in [3.8, 4) is 22.8 Å². The minimum Gasteiger partial charge on any atom is -0.490 e. The Balaban J connectivity index is 1.36. The van der Waals surface area contributed by atoms with E-state index in [1.165, 1.54) is 0 Å². The summed E-state index contributed by atoms with van der Waals surface area (Å²) in [5, 5.41) is 5.62. The van der Waals surface area contributed by atoms with E-state index in [0.29, 0.717) is 45.5 Å². The number of hydrogen-bond donors (Lipinski definition) is 1. The number of benzene rings is 4. The molecule has 0 saturated carbocycles. The zero-order valence-electron chi connectivity index (χ0n) is 21.6. The summed E-state index contributed by atoms with van der Waals surface area (Å²) >= 11 is 9.68. The second-order valence-electron chi connectivity index (χ2n) is 8.82. The third-order valence-corrected chi connectivity index (χ3v) is 6.84. The average molecular weight is 615 g/mol. The van der Waals surface area contributed by atoms with Crippen molar-refractivity contribution in [1.82, 2.24) is 10.4 Å². The zero-order chi connectivity index (χ0) is 27.9. The number of para-hydroxylation sites is 1. The molecule has 5 rings (SSSR count). The van der Waals surface area contributed by atoms with Gasteiger partial charge in [0.15, 0.2) is 11.5 Å². The van der Waals surface area contributed by atoms with Gasteiger partial charge in [0.05, 0.1) is 34.1 Å². The van der Waals surface area contributed by atoms with Crippen molar-refractivity contribution in [2.45, 2.75) is 13.5 Å². The molecule has 0 aliphatic heterocycles. The molecule has 4 aromatic carbocycles. The number of amides is 1. The predicted octanol–water partition coefficient (Wildman–Crippen LogP) is 8.06. The maximum atomic E-state index is 13.3. The quantitative estimate of drug-likeness (QED) is 0.135. The molecule has 8 heteroatoms. The molecule has 1 amide bonds. The lowest BCUT2D eigenvalue weighted by atomic mass is 10.0. The number of aromatic nitrogens is 1. The van der Waals surface area contributed by atoms with E-state index in [4.69, 9.17) is 26.1 Å². The van der Waals surface area contributed by atoms with E-state index in [9.17, 15) is 4.79 Å². The molecular weight excluding hydrogens is 590 g/mol. The van der Waals surface area contributed by atoms with Gasteiger partial charge in [-0.05, 0) is 70.4 Å². The summed E-state index contributed by atoms with van der Waals surface area (Å²) < 4.78 is 12.6. The van der Waals surface area contributed by atoms with Crippen LogP contribution in [-0.2, 0) is 6.61 Å². The van der Waals surface area contributed by atoms with Crippen molar-refractivity contribution in [3.05, 3.63) is 123 Å². The second-order valence-corrected chi connectivity index (χ2v) is 10.1. The fourth-order valence-electron chi connectivity index (χ4n) is 4.19. The summed E-state index contributed by atoms with van der Waals surface area (Å²) in [6.45, 7) is 2.68. The normalized spacial score (nSPS) is 11.1. The minimum absolute atomic E-state index is 0.327. The van der Waals surface area contributed by atoms with Crippen LogP contribution in [0.25, 0.3) is 22.2 Å². The van der Waals surface area contributed by atoms with Gasteiger partial charge in [-0.1, -0.05) is 72.3 Å². The summed E-state index contributed by atoms with van der Waals surface area (Å²) in [4.78, 5) is 18.0. The third-order valence-electron chi connectivity index (χ3n) is 6.01. The van der Waals surface area contributed by atoms with Crippen molar-refractivity contribution >= 4 is 50.6 Å². The van der Waals surface area contributed by atoms with Crippen LogP contribution in [0, 0.1) is 0 Å². The first-order chi connectivity index (χ1) is 19.5. The molecule has 5 aromatic rings. The number of nitrogens with one attached hydrogen (secondary N) is 1. The van der Waals surface area contributed by atoms with Crippen LogP contribution in [-0.4, -0.2) is 23.7 Å². The summed E-state index contributed by atoms with van der Waals surface area (Å²) in [6.07, 6.45) is 1.56. The first-order valence-electron chi connectivity index (χ1n) is 12.6. The Bertz CT molecular complexity index is 1690. The molecule has 6 nitrogen and oxygen atoms in total. The number of hydrazone groups is 1. The van der Waals surface area contributed by atoms with Gasteiger partial charge in [0, 0.05) is 16.0 Å². The van der Waals surface area contributed by atoms with E-state index in [-0.39, 0.29) is 5.91 Å². The van der Waals surface area contributed by atoms with Crippen molar-refractivity contribution < 1.29 is 14.3 Å². The number of carbonyl (C=O) groups is 1. The molecule has 0 atom stereocenters. The highest BCUT2D eigenvalue weighted by atomic mass is 79.9. The van der Waals surface area contributed by atoms with E-state index in [1.807, 2.05) is 97.9 Å². The number of halogens is 2. The second kappa shape index (κ2) is 12.8. The predicted molar refractivity (Wildman–Crippen MR) is 163 cm³/mol. The Hall–Kier alpha value is -4.20. The van der Waals surface area contributed by atoms with Gasteiger partial charge in [-0.2, -0.15) is 5.10 Å². The van der Waals surface area contributed by atoms with Gasteiger partial charge in [-0.15, -0.1) is 0 Å². The molecule has 1 aromatic heterocycles. The molecule has 0 spiro atoms. The lowest BCUT2D eigenvalue weighted by Crippen LogP contribution is -2.18. The summed E-state index contributed by atoms with van der Waals surface area (Å²) in [5.74, 6) is 0.789. The Morgan fingerprint density at radius 1 is 0.975 bits per heavy atom. The first kappa shape index (κ1) is 27.4. The van der Waals surface area contributed by atoms with E-state index in [0.717, 1.165) is 27.6 Å². The van der Waals surface area contributed by atoms with Gasteiger partial charge >= 0.3 is 0 Å². The van der Waals surface area contributed by atoms with Gasteiger partial charge in [0.25, 0.3) is 5.91 Å². The van der Waals surface area contributed by atoms with Crippen molar-refractivity contribution in [1.29, 1.82) is 0 Å². The number of carbonyl (C=O) groups excluding carboxylic acids is 1. The highest BCUT2D eigenvalue weighted by Gasteiger charge is 2.15. The number of rotatable bonds is 9. The van der Waals surface area contributed by atoms with Gasteiger partial charge in [-0.3, -0.25) is 4.79 Å². The van der Waals surface area contributed by atoms with Crippen LogP contribution in [0.4, 0.5) is 0 Å². The number of hydrogen-bond acceptors (Lipinski definition) is 5. The smallest absolute Gasteiger partial charge is 0.272 e. The third kappa shape index (κ3) is 6.50. The maximum absolute atomic E-state index is 13.3. The van der Waals surface area contributed by atoms with Crippen LogP contribution in [0.5, 0.6) is 11.5 Å². The van der Waals surface area contributed by atoms with Crippen LogP contribution in [0.15, 0.2) is 107 Å². The Kier molecular flexibility index (Phi) is 8.74. The molecule has 0 aliphatic carbocycles. The maximum Gasteiger partial charge on any atom is 0.272 e. The van der Waals surface area contributed by atoms with Gasteiger partial charge < -0.3 is 9.47 Å². The standard InChI is InChI=1S/C32H25BrClN3O3/c1-2-39-30-17-22(16-27(33)31(30)40-20-21-9-8-12-24(34)15-21)19-35-37-32(38)26-18-29(23-10-4-3-5-11-23)36-28-14-7-6-13-25(26)28/h3-19H,2,20H2,1H3,(H,37,38)/b35-19-. The highest BCUT2D eigenvalue weighted by Crippen LogP contribution is 2.37. The van der Waals surface area contributed by atoms with Crippen LogP contribution < -0.4 is 14.9 Å².